The molecule has 10 heteroatoms. The molecular weight excluding hydrogens is 386 g/mol. The van der Waals surface area contributed by atoms with Gasteiger partial charge >= 0.3 is 5.69 Å². The second-order valence-electron chi connectivity index (χ2n) is 8.16. The number of nitrogens with one attached hydrogen (secondary N) is 1. The minimum atomic E-state index is -0.567. The Bertz CT molecular complexity index is 1050. The first-order valence-electron chi connectivity index (χ1n) is 10.2. The summed E-state index contributed by atoms with van der Waals surface area (Å²) < 4.78 is 0.923. The molecule has 10 nitrogen and oxygen atoms in total. The van der Waals surface area contributed by atoms with E-state index >= 15 is 0 Å². The largest absolute Gasteiger partial charge is 0.363 e. The maximum absolute atomic E-state index is 12.8. The molecule has 0 spiro atoms. The molecule has 1 saturated carbocycles. The van der Waals surface area contributed by atoms with Crippen LogP contribution in [-0.4, -0.2) is 69.6 Å². The molecule has 0 aromatic carbocycles. The number of carbonyl (C=O) groups is 1. The van der Waals surface area contributed by atoms with E-state index in [2.05, 4.69) is 19.9 Å². The third-order valence-corrected chi connectivity index (χ3v) is 5.86. The van der Waals surface area contributed by atoms with E-state index in [1.165, 1.54) is 13.2 Å². The lowest BCUT2D eigenvalue weighted by Crippen LogP contribution is -2.49. The number of aromatic nitrogens is 4. The van der Waals surface area contributed by atoms with Crippen molar-refractivity contribution in [3.8, 4) is 0 Å². The SMILES string of the molecule is CN(C)c1cc(N(C2CC2)C2CCN(C(=O)c3c[nH]c(=O)n(C)c3=O)CC2)ncn1. The van der Waals surface area contributed by atoms with Crippen molar-refractivity contribution in [2.24, 2.45) is 7.05 Å². The van der Waals surface area contributed by atoms with Crippen LogP contribution in [0.1, 0.15) is 36.0 Å². The lowest BCUT2D eigenvalue weighted by Gasteiger charge is -2.39. The molecule has 160 valence electrons. The number of H-pyrrole nitrogens is 1. The first-order valence-corrected chi connectivity index (χ1v) is 10.2. The van der Waals surface area contributed by atoms with Gasteiger partial charge in [0.15, 0.2) is 0 Å². The second-order valence-corrected chi connectivity index (χ2v) is 8.16. The van der Waals surface area contributed by atoms with Crippen molar-refractivity contribution >= 4 is 17.5 Å². The molecule has 2 aliphatic rings. The first kappa shape index (κ1) is 20.1. The van der Waals surface area contributed by atoms with Gasteiger partial charge in [0.1, 0.15) is 23.5 Å². The Morgan fingerprint density at radius 1 is 1.07 bits per heavy atom. The third-order valence-electron chi connectivity index (χ3n) is 5.86. The smallest absolute Gasteiger partial charge is 0.328 e. The van der Waals surface area contributed by atoms with Crippen LogP contribution in [0.25, 0.3) is 0 Å². The van der Waals surface area contributed by atoms with Crippen LogP contribution in [-0.2, 0) is 7.05 Å². The van der Waals surface area contributed by atoms with Gasteiger partial charge in [-0.2, -0.15) is 0 Å². The van der Waals surface area contributed by atoms with E-state index < -0.39 is 11.2 Å². The fourth-order valence-corrected chi connectivity index (χ4v) is 3.98. The molecule has 0 atom stereocenters. The van der Waals surface area contributed by atoms with Gasteiger partial charge in [0.05, 0.1) is 0 Å². The third kappa shape index (κ3) is 3.81. The number of anilines is 2. The minimum absolute atomic E-state index is 0.000948. The highest BCUT2D eigenvalue weighted by atomic mass is 16.2. The molecule has 1 aliphatic carbocycles. The van der Waals surface area contributed by atoms with Gasteiger partial charge in [0.25, 0.3) is 11.5 Å². The van der Waals surface area contributed by atoms with Gasteiger partial charge in [-0.1, -0.05) is 0 Å². The fourth-order valence-electron chi connectivity index (χ4n) is 3.98. The molecule has 0 unspecified atom stereocenters. The summed E-state index contributed by atoms with van der Waals surface area (Å²) in [5, 5.41) is 0. The minimum Gasteiger partial charge on any atom is -0.363 e. The lowest BCUT2D eigenvalue weighted by molar-refractivity contribution is 0.0708. The van der Waals surface area contributed by atoms with Crippen LogP contribution in [0.3, 0.4) is 0 Å². The Labute approximate surface area is 174 Å². The highest BCUT2D eigenvalue weighted by Gasteiger charge is 2.37. The molecule has 3 heterocycles. The van der Waals surface area contributed by atoms with E-state index in [1.54, 1.807) is 11.2 Å². The van der Waals surface area contributed by atoms with Gasteiger partial charge in [-0.3, -0.25) is 14.2 Å². The standard InChI is InChI=1S/C20H27N7O3/c1-24(2)16-10-17(23-12-22-16)27(13-4-5-13)14-6-8-26(9-7-14)19(29)15-11-21-20(30)25(3)18(15)28/h10-14H,4-9H2,1-3H3,(H,21,30). The summed E-state index contributed by atoms with van der Waals surface area (Å²) in [4.78, 5) is 54.0. The van der Waals surface area contributed by atoms with Crippen LogP contribution in [0.5, 0.6) is 0 Å². The Balaban J connectivity index is 1.49. The number of hydrogen-bond donors (Lipinski definition) is 1. The van der Waals surface area contributed by atoms with Crippen LogP contribution in [0.15, 0.2) is 28.2 Å². The Hall–Kier alpha value is -3.17. The van der Waals surface area contributed by atoms with E-state index in [9.17, 15) is 14.4 Å². The van der Waals surface area contributed by atoms with Crippen molar-refractivity contribution in [2.45, 2.75) is 37.8 Å². The predicted molar refractivity (Wildman–Crippen MR) is 113 cm³/mol. The molecule has 1 saturated heterocycles. The predicted octanol–water partition coefficient (Wildman–Crippen LogP) is 0.203. The van der Waals surface area contributed by atoms with Crippen LogP contribution in [0, 0.1) is 0 Å². The number of amides is 1. The molecule has 2 aromatic rings. The zero-order valence-corrected chi connectivity index (χ0v) is 17.5. The van der Waals surface area contributed by atoms with Gasteiger partial charge in [0.2, 0.25) is 0 Å². The highest BCUT2D eigenvalue weighted by Crippen LogP contribution is 2.36. The number of carbonyl (C=O) groups excluding carboxylic acids is 1. The van der Waals surface area contributed by atoms with E-state index in [0.717, 1.165) is 41.9 Å². The van der Waals surface area contributed by atoms with Gasteiger partial charge in [0, 0.05) is 58.6 Å². The first-order chi connectivity index (χ1) is 14.4. The van der Waals surface area contributed by atoms with Crippen molar-refractivity contribution < 1.29 is 4.79 Å². The molecule has 4 rings (SSSR count). The number of nitrogens with zero attached hydrogens (tertiary/aromatic N) is 6. The topological polar surface area (TPSA) is 107 Å². The van der Waals surface area contributed by atoms with Crippen molar-refractivity contribution in [3.05, 3.63) is 45.0 Å². The normalized spacial score (nSPS) is 17.1. The van der Waals surface area contributed by atoms with Crippen LogP contribution in [0.2, 0.25) is 0 Å². The molecule has 2 aromatic heterocycles. The van der Waals surface area contributed by atoms with E-state index in [-0.39, 0.29) is 17.5 Å². The Kier molecular flexibility index (Phi) is 5.31. The van der Waals surface area contributed by atoms with E-state index in [0.29, 0.717) is 19.1 Å². The molecule has 0 radical (unpaired) electrons. The fraction of sp³-hybridized carbons (Fsp3) is 0.550. The molecule has 30 heavy (non-hydrogen) atoms. The zero-order valence-electron chi connectivity index (χ0n) is 17.5. The van der Waals surface area contributed by atoms with Gasteiger partial charge in [-0.25, -0.2) is 14.8 Å². The molecule has 1 aliphatic heterocycles. The van der Waals surface area contributed by atoms with Crippen molar-refractivity contribution in [2.75, 3.05) is 37.0 Å². The molecular formula is C20H27N7O3. The monoisotopic (exact) mass is 413 g/mol. The van der Waals surface area contributed by atoms with E-state index in [1.807, 2.05) is 25.1 Å². The summed E-state index contributed by atoms with van der Waals surface area (Å²) in [6, 6.07) is 2.78. The maximum atomic E-state index is 12.8. The molecule has 0 bridgehead atoms. The Morgan fingerprint density at radius 2 is 1.70 bits per heavy atom. The van der Waals surface area contributed by atoms with Gasteiger partial charge in [-0.05, 0) is 25.7 Å². The van der Waals surface area contributed by atoms with Crippen molar-refractivity contribution in [1.82, 2.24) is 24.4 Å². The molecule has 2 fully saturated rings. The summed E-state index contributed by atoms with van der Waals surface area (Å²) in [5.74, 6) is 1.46. The van der Waals surface area contributed by atoms with Gasteiger partial charge < -0.3 is 19.7 Å². The summed E-state index contributed by atoms with van der Waals surface area (Å²) in [7, 11) is 5.28. The van der Waals surface area contributed by atoms with E-state index in [4.69, 9.17) is 0 Å². The average Bonchev–Trinajstić information content (AvgIpc) is 3.58. The highest BCUT2D eigenvalue weighted by molar-refractivity contribution is 5.93. The summed E-state index contributed by atoms with van der Waals surface area (Å²) in [6.07, 6.45) is 6.71. The molecule has 1 N–H and O–H groups in total. The quantitative estimate of drug-likeness (QED) is 0.746. The lowest BCUT2D eigenvalue weighted by atomic mass is 10.0. The van der Waals surface area contributed by atoms with Gasteiger partial charge in [-0.15, -0.1) is 0 Å². The number of hydrogen-bond acceptors (Lipinski definition) is 7. The van der Waals surface area contributed by atoms with Crippen LogP contribution >= 0.6 is 0 Å². The van der Waals surface area contributed by atoms with Crippen LogP contribution < -0.4 is 21.0 Å². The Morgan fingerprint density at radius 3 is 2.33 bits per heavy atom. The maximum Gasteiger partial charge on any atom is 0.328 e. The van der Waals surface area contributed by atoms with Crippen molar-refractivity contribution in [3.63, 3.8) is 0 Å². The number of rotatable bonds is 5. The summed E-state index contributed by atoms with van der Waals surface area (Å²) in [5.41, 5.74) is -1.10. The van der Waals surface area contributed by atoms with Crippen LogP contribution in [0.4, 0.5) is 11.6 Å². The van der Waals surface area contributed by atoms with Crippen molar-refractivity contribution in [1.29, 1.82) is 0 Å². The summed E-state index contributed by atoms with van der Waals surface area (Å²) in [6.45, 7) is 1.11. The average molecular weight is 413 g/mol. The number of likely N-dealkylation sites (tertiary alicyclic amines) is 1. The zero-order chi connectivity index (χ0) is 21.4. The number of aromatic amines is 1. The second kappa shape index (κ2) is 7.92. The number of piperidine rings is 1. The molecule has 1 amide bonds. The summed E-state index contributed by atoms with van der Waals surface area (Å²) >= 11 is 0.